The van der Waals surface area contributed by atoms with Crippen LogP contribution in [0.25, 0.3) is 0 Å². The van der Waals surface area contributed by atoms with E-state index in [1.807, 2.05) is 0 Å². The van der Waals surface area contributed by atoms with E-state index in [9.17, 15) is 18.4 Å². The molecule has 0 aliphatic rings. The second kappa shape index (κ2) is 5.12. The summed E-state index contributed by atoms with van der Waals surface area (Å²) in [5.41, 5.74) is -2.12. The molecule has 98 valence electrons. The van der Waals surface area contributed by atoms with E-state index in [1.165, 1.54) is 6.92 Å². The van der Waals surface area contributed by atoms with E-state index >= 15 is 0 Å². The average molecular weight is 258 g/mol. The second-order valence-corrected chi connectivity index (χ2v) is 4.16. The standard InChI is InChI=1S/C12H12F2O4/c1-12(11(17)18,5-4-10(15)16)8-6-7(13)2-3-9(8)14/h2-3,6H,4-5H2,1H3,(H,15,16)(H,17,18). The quantitative estimate of drug-likeness (QED) is 0.848. The summed E-state index contributed by atoms with van der Waals surface area (Å²) >= 11 is 0. The highest BCUT2D eigenvalue weighted by Gasteiger charge is 2.38. The smallest absolute Gasteiger partial charge is 0.313 e. The third kappa shape index (κ3) is 2.82. The highest BCUT2D eigenvalue weighted by Crippen LogP contribution is 2.32. The van der Waals surface area contributed by atoms with Crippen molar-refractivity contribution in [2.45, 2.75) is 25.2 Å². The molecule has 18 heavy (non-hydrogen) atoms. The molecule has 0 amide bonds. The number of carbonyl (C=O) groups is 2. The van der Waals surface area contributed by atoms with Gasteiger partial charge in [0.05, 0.1) is 5.41 Å². The summed E-state index contributed by atoms with van der Waals surface area (Å²) in [7, 11) is 0. The van der Waals surface area contributed by atoms with Crippen molar-refractivity contribution in [2.24, 2.45) is 0 Å². The molecular weight excluding hydrogens is 246 g/mol. The van der Waals surface area contributed by atoms with E-state index in [-0.39, 0.29) is 12.0 Å². The number of aliphatic carboxylic acids is 2. The maximum Gasteiger partial charge on any atom is 0.313 e. The summed E-state index contributed by atoms with van der Waals surface area (Å²) in [5, 5.41) is 17.7. The lowest BCUT2D eigenvalue weighted by molar-refractivity contribution is -0.144. The molecule has 0 aliphatic heterocycles. The number of hydrogen-bond acceptors (Lipinski definition) is 2. The highest BCUT2D eigenvalue weighted by atomic mass is 19.1. The van der Waals surface area contributed by atoms with Crippen LogP contribution in [0.5, 0.6) is 0 Å². The SMILES string of the molecule is CC(CCC(=O)O)(C(=O)O)c1cc(F)ccc1F. The number of carboxylic acids is 2. The lowest BCUT2D eigenvalue weighted by atomic mass is 9.78. The predicted octanol–water partition coefficient (Wildman–Crippen LogP) is 2.17. The van der Waals surface area contributed by atoms with Crippen LogP contribution in [0.4, 0.5) is 8.78 Å². The van der Waals surface area contributed by atoms with Crippen LogP contribution >= 0.6 is 0 Å². The number of benzene rings is 1. The van der Waals surface area contributed by atoms with Gasteiger partial charge in [0, 0.05) is 12.0 Å². The monoisotopic (exact) mass is 258 g/mol. The molecule has 0 bridgehead atoms. The molecule has 0 saturated heterocycles. The zero-order chi connectivity index (χ0) is 13.9. The van der Waals surface area contributed by atoms with Gasteiger partial charge in [-0.2, -0.15) is 0 Å². The molecule has 0 aromatic heterocycles. The minimum Gasteiger partial charge on any atom is -0.481 e. The van der Waals surface area contributed by atoms with Crippen molar-refractivity contribution in [3.8, 4) is 0 Å². The molecule has 0 radical (unpaired) electrons. The molecule has 0 fully saturated rings. The van der Waals surface area contributed by atoms with Gasteiger partial charge >= 0.3 is 11.9 Å². The Kier molecular flexibility index (Phi) is 4.00. The molecule has 1 aromatic carbocycles. The van der Waals surface area contributed by atoms with Gasteiger partial charge in [-0.05, 0) is 31.5 Å². The third-order valence-electron chi connectivity index (χ3n) is 2.83. The van der Waals surface area contributed by atoms with Crippen LogP contribution in [-0.4, -0.2) is 22.2 Å². The van der Waals surface area contributed by atoms with E-state index in [0.717, 1.165) is 18.2 Å². The van der Waals surface area contributed by atoms with Crippen molar-refractivity contribution in [3.63, 3.8) is 0 Å². The number of halogens is 2. The number of hydrogen-bond donors (Lipinski definition) is 2. The fourth-order valence-electron chi connectivity index (χ4n) is 1.63. The van der Waals surface area contributed by atoms with Gasteiger partial charge in [0.15, 0.2) is 0 Å². The van der Waals surface area contributed by atoms with Gasteiger partial charge in [0.1, 0.15) is 11.6 Å². The molecule has 1 atom stereocenters. The van der Waals surface area contributed by atoms with E-state index < -0.39 is 35.4 Å². The Labute approximate surface area is 102 Å². The van der Waals surface area contributed by atoms with Crippen molar-refractivity contribution in [2.75, 3.05) is 0 Å². The Morgan fingerprint density at radius 1 is 1.28 bits per heavy atom. The summed E-state index contributed by atoms with van der Waals surface area (Å²) in [4.78, 5) is 21.7. The molecule has 0 heterocycles. The maximum atomic E-state index is 13.6. The largest absolute Gasteiger partial charge is 0.481 e. The lowest BCUT2D eigenvalue weighted by Crippen LogP contribution is -2.34. The van der Waals surface area contributed by atoms with Gasteiger partial charge in [0.25, 0.3) is 0 Å². The average Bonchev–Trinajstić information content (AvgIpc) is 2.29. The molecule has 6 heteroatoms. The normalized spacial score (nSPS) is 13.9. The summed E-state index contributed by atoms with van der Waals surface area (Å²) in [6.45, 7) is 1.18. The Bertz CT molecular complexity index is 487. The first-order valence-electron chi connectivity index (χ1n) is 5.18. The van der Waals surface area contributed by atoms with Gasteiger partial charge in [-0.25, -0.2) is 8.78 Å². The third-order valence-corrected chi connectivity index (χ3v) is 2.83. The maximum absolute atomic E-state index is 13.6. The minimum atomic E-state index is -1.77. The summed E-state index contributed by atoms with van der Waals surface area (Å²) in [6, 6.07) is 2.48. The fourth-order valence-corrected chi connectivity index (χ4v) is 1.63. The van der Waals surface area contributed by atoms with Crippen molar-refractivity contribution < 1.29 is 28.6 Å². The van der Waals surface area contributed by atoms with Crippen LogP contribution in [0.1, 0.15) is 25.3 Å². The van der Waals surface area contributed by atoms with Gasteiger partial charge in [-0.1, -0.05) is 0 Å². The van der Waals surface area contributed by atoms with Crippen LogP contribution in [0, 0.1) is 11.6 Å². The van der Waals surface area contributed by atoms with Crippen molar-refractivity contribution in [1.82, 2.24) is 0 Å². The zero-order valence-corrected chi connectivity index (χ0v) is 9.61. The Morgan fingerprint density at radius 3 is 2.39 bits per heavy atom. The molecule has 0 saturated carbocycles. The van der Waals surface area contributed by atoms with E-state index in [1.54, 1.807) is 0 Å². The zero-order valence-electron chi connectivity index (χ0n) is 9.61. The molecule has 1 unspecified atom stereocenters. The molecule has 1 rings (SSSR count). The fraction of sp³-hybridized carbons (Fsp3) is 0.333. The molecular formula is C12H12F2O4. The molecule has 2 N–H and O–H groups in total. The van der Waals surface area contributed by atoms with Gasteiger partial charge in [-0.3, -0.25) is 9.59 Å². The highest BCUT2D eigenvalue weighted by molar-refractivity contribution is 5.81. The van der Waals surface area contributed by atoms with Crippen molar-refractivity contribution in [3.05, 3.63) is 35.4 Å². The Balaban J connectivity index is 3.22. The molecule has 0 spiro atoms. The van der Waals surface area contributed by atoms with Gasteiger partial charge in [-0.15, -0.1) is 0 Å². The lowest BCUT2D eigenvalue weighted by Gasteiger charge is -2.25. The Morgan fingerprint density at radius 2 is 1.89 bits per heavy atom. The number of rotatable bonds is 5. The Hall–Kier alpha value is -1.98. The van der Waals surface area contributed by atoms with E-state index in [4.69, 9.17) is 10.2 Å². The van der Waals surface area contributed by atoms with Crippen molar-refractivity contribution in [1.29, 1.82) is 0 Å². The summed E-state index contributed by atoms with van der Waals surface area (Å²) < 4.78 is 26.6. The number of carboxylic acid groups (broad SMARTS) is 2. The molecule has 1 aromatic rings. The first-order chi connectivity index (χ1) is 8.27. The van der Waals surface area contributed by atoms with Gasteiger partial charge in [0.2, 0.25) is 0 Å². The first kappa shape index (κ1) is 14.1. The summed E-state index contributed by atoms with van der Waals surface area (Å²) in [5.74, 6) is -4.23. The molecule has 0 aliphatic carbocycles. The second-order valence-electron chi connectivity index (χ2n) is 4.16. The van der Waals surface area contributed by atoms with Crippen LogP contribution in [0.15, 0.2) is 18.2 Å². The minimum absolute atomic E-state index is 0.321. The predicted molar refractivity (Wildman–Crippen MR) is 58.2 cm³/mol. The van der Waals surface area contributed by atoms with Crippen molar-refractivity contribution >= 4 is 11.9 Å². The van der Waals surface area contributed by atoms with Crippen LogP contribution in [-0.2, 0) is 15.0 Å². The van der Waals surface area contributed by atoms with Crippen LogP contribution in [0.2, 0.25) is 0 Å². The van der Waals surface area contributed by atoms with Crippen LogP contribution in [0.3, 0.4) is 0 Å². The van der Waals surface area contributed by atoms with E-state index in [2.05, 4.69) is 0 Å². The summed E-state index contributed by atoms with van der Waals surface area (Å²) in [6.07, 6.45) is -0.767. The first-order valence-corrected chi connectivity index (χ1v) is 5.18. The van der Waals surface area contributed by atoms with E-state index in [0.29, 0.717) is 0 Å². The molecule has 4 nitrogen and oxygen atoms in total. The topological polar surface area (TPSA) is 74.6 Å². The van der Waals surface area contributed by atoms with Crippen LogP contribution < -0.4 is 0 Å². The van der Waals surface area contributed by atoms with Gasteiger partial charge < -0.3 is 10.2 Å².